The third-order valence-electron chi connectivity index (χ3n) is 3.23. The molecule has 2 aromatic rings. The van der Waals surface area contributed by atoms with Gasteiger partial charge in [-0.1, -0.05) is 11.6 Å². The van der Waals surface area contributed by atoms with Crippen LogP contribution < -0.4 is 19.5 Å². The van der Waals surface area contributed by atoms with E-state index in [4.69, 9.17) is 25.8 Å². The van der Waals surface area contributed by atoms with Crippen LogP contribution in [-0.2, 0) is 6.54 Å². The van der Waals surface area contributed by atoms with Crippen molar-refractivity contribution in [2.24, 2.45) is 0 Å². The molecule has 0 saturated carbocycles. The molecular formula is C18H22ClNO3. The lowest BCUT2D eigenvalue weighted by molar-refractivity contribution is 0.230. The maximum absolute atomic E-state index is 6.33. The molecule has 124 valence electrons. The van der Waals surface area contributed by atoms with Gasteiger partial charge in [-0.15, -0.1) is 0 Å². The third kappa shape index (κ3) is 4.70. The minimum atomic E-state index is 0.0321. The summed E-state index contributed by atoms with van der Waals surface area (Å²) in [5.74, 6) is 2.05. The molecule has 5 heteroatoms. The van der Waals surface area contributed by atoms with E-state index >= 15 is 0 Å². The number of halogens is 1. The number of nitrogens with one attached hydrogen (secondary N) is 1. The van der Waals surface area contributed by atoms with Gasteiger partial charge in [-0.05, 0) is 55.8 Å². The van der Waals surface area contributed by atoms with Crippen LogP contribution in [0.15, 0.2) is 36.4 Å². The second-order valence-corrected chi connectivity index (χ2v) is 5.76. The molecule has 2 rings (SSSR count). The molecule has 0 radical (unpaired) electrons. The van der Waals surface area contributed by atoms with Gasteiger partial charge in [0.2, 0.25) is 0 Å². The Morgan fingerprint density at radius 1 is 1.04 bits per heavy atom. The lowest BCUT2D eigenvalue weighted by atomic mass is 10.2. The first kappa shape index (κ1) is 17.3. The molecule has 0 fully saturated rings. The molecule has 0 heterocycles. The van der Waals surface area contributed by atoms with Gasteiger partial charge in [0, 0.05) is 12.2 Å². The van der Waals surface area contributed by atoms with Crippen LogP contribution in [0.2, 0.25) is 5.02 Å². The maximum atomic E-state index is 6.33. The molecule has 0 unspecified atom stereocenters. The lowest BCUT2D eigenvalue weighted by Crippen LogP contribution is -2.08. The highest BCUT2D eigenvalue weighted by Crippen LogP contribution is 2.37. The summed E-state index contributed by atoms with van der Waals surface area (Å²) < 4.78 is 16.3. The monoisotopic (exact) mass is 335 g/mol. The Hall–Kier alpha value is -2.07. The van der Waals surface area contributed by atoms with Gasteiger partial charge in [-0.25, -0.2) is 0 Å². The van der Waals surface area contributed by atoms with E-state index in [2.05, 4.69) is 5.32 Å². The number of methoxy groups -OCH3 is 2. The zero-order valence-electron chi connectivity index (χ0n) is 13.9. The summed E-state index contributed by atoms with van der Waals surface area (Å²) in [7, 11) is 3.26. The van der Waals surface area contributed by atoms with Crippen molar-refractivity contribution in [3.63, 3.8) is 0 Å². The predicted molar refractivity (Wildman–Crippen MR) is 94.1 cm³/mol. The molecule has 4 nitrogen and oxygen atoms in total. The van der Waals surface area contributed by atoms with Crippen molar-refractivity contribution in [3.8, 4) is 17.2 Å². The zero-order valence-corrected chi connectivity index (χ0v) is 14.6. The highest BCUT2D eigenvalue weighted by Gasteiger charge is 2.13. The molecule has 23 heavy (non-hydrogen) atoms. The van der Waals surface area contributed by atoms with Crippen LogP contribution in [0.25, 0.3) is 0 Å². The number of hydrogen-bond donors (Lipinski definition) is 1. The second kappa shape index (κ2) is 7.97. The molecule has 0 aromatic heterocycles. The van der Waals surface area contributed by atoms with Gasteiger partial charge in [0.15, 0.2) is 11.5 Å². The maximum Gasteiger partial charge on any atom is 0.180 e. The van der Waals surface area contributed by atoms with Crippen molar-refractivity contribution in [3.05, 3.63) is 47.0 Å². The molecule has 0 aliphatic carbocycles. The van der Waals surface area contributed by atoms with E-state index in [1.807, 2.05) is 50.2 Å². The number of rotatable bonds is 7. The van der Waals surface area contributed by atoms with E-state index < -0.39 is 0 Å². The van der Waals surface area contributed by atoms with Gasteiger partial charge >= 0.3 is 0 Å². The topological polar surface area (TPSA) is 39.7 Å². The zero-order chi connectivity index (χ0) is 16.8. The summed E-state index contributed by atoms with van der Waals surface area (Å²) in [6.07, 6.45) is 0.0321. The molecule has 0 amide bonds. The molecule has 1 N–H and O–H groups in total. The summed E-state index contributed by atoms with van der Waals surface area (Å²) in [6.45, 7) is 4.54. The largest absolute Gasteiger partial charge is 0.497 e. The van der Waals surface area contributed by atoms with Crippen LogP contribution in [0.5, 0.6) is 17.2 Å². The van der Waals surface area contributed by atoms with Crippen LogP contribution in [0.3, 0.4) is 0 Å². The number of ether oxygens (including phenoxy) is 3. The molecule has 2 aromatic carbocycles. The van der Waals surface area contributed by atoms with E-state index in [9.17, 15) is 0 Å². The Morgan fingerprint density at radius 2 is 1.74 bits per heavy atom. The summed E-state index contributed by atoms with van der Waals surface area (Å²) in [5, 5.41) is 3.89. The number of benzene rings is 2. The van der Waals surface area contributed by atoms with Crippen LogP contribution in [-0.4, -0.2) is 20.3 Å². The van der Waals surface area contributed by atoms with E-state index in [0.29, 0.717) is 23.1 Å². The Morgan fingerprint density at radius 3 is 2.30 bits per heavy atom. The second-order valence-electron chi connectivity index (χ2n) is 5.36. The van der Waals surface area contributed by atoms with Gasteiger partial charge in [0.05, 0.1) is 25.3 Å². The molecule has 0 aliphatic heterocycles. The minimum Gasteiger partial charge on any atom is -0.497 e. The predicted octanol–water partition coefficient (Wildman–Crippen LogP) is 4.76. The van der Waals surface area contributed by atoms with Gasteiger partial charge in [0.25, 0.3) is 0 Å². The smallest absolute Gasteiger partial charge is 0.180 e. The lowest BCUT2D eigenvalue weighted by Gasteiger charge is -2.16. The van der Waals surface area contributed by atoms with Crippen LogP contribution >= 0.6 is 11.6 Å². The number of hydrogen-bond acceptors (Lipinski definition) is 4. The molecule has 0 atom stereocenters. The first-order chi connectivity index (χ1) is 11.0. The Labute approximate surface area is 142 Å². The van der Waals surface area contributed by atoms with Gasteiger partial charge in [0.1, 0.15) is 5.75 Å². The fourth-order valence-electron chi connectivity index (χ4n) is 2.14. The average Bonchev–Trinajstić information content (AvgIpc) is 2.55. The van der Waals surface area contributed by atoms with Gasteiger partial charge < -0.3 is 19.5 Å². The standard InChI is InChI=1S/C18H22ClNO3/c1-12(2)23-18-16(19)9-13(10-17(18)22-4)11-20-14-5-7-15(21-3)8-6-14/h5-10,12,20H,11H2,1-4H3. The first-order valence-electron chi connectivity index (χ1n) is 7.44. The molecule has 0 aliphatic rings. The van der Waals surface area contributed by atoms with Gasteiger partial charge in [-0.2, -0.15) is 0 Å². The van der Waals surface area contributed by atoms with E-state index in [1.165, 1.54) is 0 Å². The molecule has 0 spiro atoms. The van der Waals surface area contributed by atoms with Crippen molar-refractivity contribution in [2.45, 2.75) is 26.5 Å². The van der Waals surface area contributed by atoms with Crippen molar-refractivity contribution >= 4 is 17.3 Å². The Balaban J connectivity index is 2.11. The summed E-state index contributed by atoms with van der Waals surface area (Å²) in [6, 6.07) is 11.6. The Bertz CT molecular complexity index is 641. The van der Waals surface area contributed by atoms with E-state index in [1.54, 1.807) is 14.2 Å². The van der Waals surface area contributed by atoms with Crippen LogP contribution in [0.4, 0.5) is 5.69 Å². The number of anilines is 1. The van der Waals surface area contributed by atoms with Crippen molar-refractivity contribution in [1.82, 2.24) is 0 Å². The SMILES string of the molecule is COc1ccc(NCc2cc(Cl)c(OC(C)C)c(OC)c2)cc1. The fourth-order valence-corrected chi connectivity index (χ4v) is 2.42. The van der Waals surface area contributed by atoms with E-state index in [0.717, 1.165) is 17.0 Å². The van der Waals surface area contributed by atoms with Crippen molar-refractivity contribution in [2.75, 3.05) is 19.5 Å². The minimum absolute atomic E-state index is 0.0321. The van der Waals surface area contributed by atoms with Crippen LogP contribution in [0, 0.1) is 0 Å². The summed E-state index contributed by atoms with van der Waals surface area (Å²) in [5.41, 5.74) is 2.02. The quantitative estimate of drug-likeness (QED) is 0.792. The highest BCUT2D eigenvalue weighted by atomic mass is 35.5. The molecule has 0 bridgehead atoms. The van der Waals surface area contributed by atoms with Crippen molar-refractivity contribution in [1.29, 1.82) is 0 Å². The average molecular weight is 336 g/mol. The van der Waals surface area contributed by atoms with E-state index in [-0.39, 0.29) is 6.10 Å². The first-order valence-corrected chi connectivity index (χ1v) is 7.82. The summed E-state index contributed by atoms with van der Waals surface area (Å²) >= 11 is 6.33. The highest BCUT2D eigenvalue weighted by molar-refractivity contribution is 6.32. The normalized spacial score (nSPS) is 10.5. The molecule has 0 saturated heterocycles. The fraction of sp³-hybridized carbons (Fsp3) is 0.333. The Kier molecular flexibility index (Phi) is 5.99. The molecular weight excluding hydrogens is 314 g/mol. The van der Waals surface area contributed by atoms with Crippen molar-refractivity contribution < 1.29 is 14.2 Å². The summed E-state index contributed by atoms with van der Waals surface area (Å²) in [4.78, 5) is 0. The third-order valence-corrected chi connectivity index (χ3v) is 3.51. The van der Waals surface area contributed by atoms with Gasteiger partial charge in [-0.3, -0.25) is 0 Å². The van der Waals surface area contributed by atoms with Crippen LogP contribution in [0.1, 0.15) is 19.4 Å².